The number of nitrogens with one attached hydrogen (secondary N) is 2. The Labute approximate surface area is 107 Å². The van der Waals surface area contributed by atoms with Gasteiger partial charge in [0.15, 0.2) is 0 Å². The summed E-state index contributed by atoms with van der Waals surface area (Å²) in [6.45, 7) is 5.11. The van der Waals surface area contributed by atoms with Crippen LogP contribution in [-0.2, 0) is 0 Å². The zero-order valence-electron chi connectivity index (χ0n) is 10.8. The molecule has 1 saturated heterocycles. The number of nitrogens with zero attached hydrogens (tertiary/aromatic N) is 2. The van der Waals surface area contributed by atoms with Crippen molar-refractivity contribution in [1.29, 1.82) is 0 Å². The lowest BCUT2D eigenvalue weighted by Gasteiger charge is -2.39. The van der Waals surface area contributed by atoms with Gasteiger partial charge in [0.25, 0.3) is 5.56 Å². The smallest absolute Gasteiger partial charge is 0.252 e. The molecule has 18 heavy (non-hydrogen) atoms. The zero-order chi connectivity index (χ0) is 12.5. The van der Waals surface area contributed by atoms with Crippen LogP contribution in [0.1, 0.15) is 37.9 Å². The summed E-state index contributed by atoms with van der Waals surface area (Å²) < 4.78 is 0. The van der Waals surface area contributed by atoms with E-state index in [1.54, 1.807) is 6.07 Å². The van der Waals surface area contributed by atoms with Crippen molar-refractivity contribution in [3.8, 4) is 0 Å². The van der Waals surface area contributed by atoms with Gasteiger partial charge < -0.3 is 15.2 Å². The average Bonchev–Trinajstić information content (AvgIpc) is 3.09. The summed E-state index contributed by atoms with van der Waals surface area (Å²) in [6.07, 6.45) is 3.39. The number of aromatic nitrogens is 2. The van der Waals surface area contributed by atoms with Gasteiger partial charge in [-0.3, -0.25) is 4.79 Å². The molecule has 2 heterocycles. The lowest BCUT2D eigenvalue weighted by atomic mass is 10.1. The molecule has 5 nitrogen and oxygen atoms in total. The topological polar surface area (TPSA) is 61.0 Å². The molecule has 0 atom stereocenters. The van der Waals surface area contributed by atoms with Gasteiger partial charge in [0.1, 0.15) is 11.6 Å². The second-order valence-corrected chi connectivity index (χ2v) is 5.27. The van der Waals surface area contributed by atoms with Gasteiger partial charge in [-0.1, -0.05) is 6.92 Å². The Morgan fingerprint density at radius 3 is 2.78 bits per heavy atom. The van der Waals surface area contributed by atoms with Crippen LogP contribution in [0.2, 0.25) is 0 Å². The Balaban J connectivity index is 1.89. The van der Waals surface area contributed by atoms with Crippen LogP contribution in [0.25, 0.3) is 0 Å². The molecular formula is C13H20N4O. The number of hydrogen-bond acceptors (Lipinski definition) is 4. The van der Waals surface area contributed by atoms with E-state index in [1.807, 2.05) is 0 Å². The highest BCUT2D eigenvalue weighted by Crippen LogP contribution is 2.38. The molecule has 2 fully saturated rings. The first kappa shape index (κ1) is 11.7. The maximum absolute atomic E-state index is 11.7. The molecular weight excluding hydrogens is 228 g/mol. The molecule has 0 bridgehead atoms. The minimum absolute atomic E-state index is 0.0183. The van der Waals surface area contributed by atoms with E-state index in [4.69, 9.17) is 0 Å². The summed E-state index contributed by atoms with van der Waals surface area (Å²) in [6, 6.07) is 2.13. The van der Waals surface area contributed by atoms with Crippen LogP contribution in [0.4, 0.5) is 5.82 Å². The van der Waals surface area contributed by atoms with Gasteiger partial charge in [0.2, 0.25) is 0 Å². The fraction of sp³-hybridized carbons (Fsp3) is 0.692. The lowest BCUT2D eigenvalue weighted by Crippen LogP contribution is -2.58. The quantitative estimate of drug-likeness (QED) is 0.810. The summed E-state index contributed by atoms with van der Waals surface area (Å²) in [7, 11) is 0. The van der Waals surface area contributed by atoms with E-state index in [2.05, 4.69) is 27.1 Å². The van der Waals surface area contributed by atoms with Crippen molar-refractivity contribution in [3.05, 3.63) is 22.2 Å². The second kappa shape index (κ2) is 4.72. The molecule has 0 radical (unpaired) electrons. The minimum Gasteiger partial charge on any atom is -0.351 e. The normalized spacial score (nSPS) is 19.6. The monoisotopic (exact) mass is 248 g/mol. The molecule has 0 amide bonds. The van der Waals surface area contributed by atoms with Crippen LogP contribution < -0.4 is 15.8 Å². The molecule has 1 aliphatic heterocycles. The van der Waals surface area contributed by atoms with Crippen LogP contribution in [0.15, 0.2) is 10.9 Å². The minimum atomic E-state index is -0.0183. The van der Waals surface area contributed by atoms with Gasteiger partial charge in [-0.15, -0.1) is 0 Å². The van der Waals surface area contributed by atoms with E-state index < -0.39 is 0 Å². The molecule has 2 aliphatic rings. The van der Waals surface area contributed by atoms with Crippen molar-refractivity contribution < 1.29 is 0 Å². The van der Waals surface area contributed by atoms with Crippen LogP contribution in [0.5, 0.6) is 0 Å². The van der Waals surface area contributed by atoms with Crippen LogP contribution >= 0.6 is 0 Å². The van der Waals surface area contributed by atoms with Crippen molar-refractivity contribution in [2.75, 3.05) is 24.5 Å². The van der Waals surface area contributed by atoms with Gasteiger partial charge in [0.05, 0.1) is 6.04 Å². The maximum atomic E-state index is 11.7. The molecule has 98 valence electrons. The standard InChI is InChI=1S/C13H20N4O/c1-2-5-17(10-7-14-8-10)11-6-12(18)16-13(15-11)9-3-4-9/h6,9-10,14H,2-5,7-8H2,1H3,(H,15,16,18). The third-order valence-corrected chi connectivity index (χ3v) is 3.67. The summed E-state index contributed by atoms with van der Waals surface area (Å²) >= 11 is 0. The molecule has 3 rings (SSSR count). The second-order valence-electron chi connectivity index (χ2n) is 5.27. The highest BCUT2D eigenvalue weighted by Gasteiger charge is 2.29. The van der Waals surface area contributed by atoms with E-state index in [0.717, 1.165) is 50.5 Å². The average molecular weight is 248 g/mol. The van der Waals surface area contributed by atoms with E-state index in [0.29, 0.717) is 12.0 Å². The largest absolute Gasteiger partial charge is 0.351 e. The predicted octanol–water partition coefficient (Wildman–Crippen LogP) is 0.835. The Kier molecular flexibility index (Phi) is 3.07. The Hall–Kier alpha value is -1.36. The molecule has 5 heteroatoms. The first-order valence-electron chi connectivity index (χ1n) is 6.86. The highest BCUT2D eigenvalue weighted by molar-refractivity contribution is 5.40. The maximum Gasteiger partial charge on any atom is 0.252 e. The molecule has 0 spiro atoms. The third kappa shape index (κ3) is 2.27. The predicted molar refractivity (Wildman–Crippen MR) is 71.1 cm³/mol. The summed E-state index contributed by atoms with van der Waals surface area (Å²) in [5.74, 6) is 2.22. The molecule has 1 saturated carbocycles. The highest BCUT2D eigenvalue weighted by atomic mass is 16.1. The van der Waals surface area contributed by atoms with E-state index in [1.165, 1.54) is 0 Å². The van der Waals surface area contributed by atoms with Crippen LogP contribution in [0, 0.1) is 0 Å². The number of aromatic amines is 1. The first-order valence-corrected chi connectivity index (χ1v) is 6.86. The summed E-state index contributed by atoms with van der Waals surface area (Å²) in [5.41, 5.74) is -0.0183. The van der Waals surface area contributed by atoms with Crippen LogP contribution in [0.3, 0.4) is 0 Å². The van der Waals surface area contributed by atoms with Crippen molar-refractivity contribution in [1.82, 2.24) is 15.3 Å². The zero-order valence-corrected chi connectivity index (χ0v) is 10.8. The van der Waals surface area contributed by atoms with Gasteiger partial charge in [-0.05, 0) is 19.3 Å². The number of rotatable bonds is 5. The van der Waals surface area contributed by atoms with Crippen LogP contribution in [-0.4, -0.2) is 35.6 Å². The Morgan fingerprint density at radius 2 is 2.22 bits per heavy atom. The lowest BCUT2D eigenvalue weighted by molar-refractivity contribution is 0.410. The SMILES string of the molecule is CCCN(c1cc(=O)[nH]c(C2CC2)n1)C1CNC1. The van der Waals surface area contributed by atoms with Crippen molar-refractivity contribution in [3.63, 3.8) is 0 Å². The first-order chi connectivity index (χ1) is 8.78. The van der Waals surface area contributed by atoms with Crippen molar-refractivity contribution in [2.45, 2.75) is 38.1 Å². The molecule has 0 unspecified atom stereocenters. The van der Waals surface area contributed by atoms with E-state index in [-0.39, 0.29) is 5.56 Å². The summed E-state index contributed by atoms with van der Waals surface area (Å²) in [4.78, 5) is 21.6. The molecule has 2 N–H and O–H groups in total. The van der Waals surface area contributed by atoms with Crippen molar-refractivity contribution >= 4 is 5.82 Å². The van der Waals surface area contributed by atoms with Gasteiger partial charge >= 0.3 is 0 Å². The number of H-pyrrole nitrogens is 1. The fourth-order valence-electron chi connectivity index (χ4n) is 2.38. The fourth-order valence-corrected chi connectivity index (χ4v) is 2.38. The van der Waals surface area contributed by atoms with Gasteiger partial charge in [-0.25, -0.2) is 4.98 Å². The van der Waals surface area contributed by atoms with Crippen molar-refractivity contribution in [2.24, 2.45) is 0 Å². The van der Waals surface area contributed by atoms with E-state index in [9.17, 15) is 4.79 Å². The number of anilines is 1. The summed E-state index contributed by atoms with van der Waals surface area (Å²) in [5, 5.41) is 3.28. The molecule has 1 aromatic heterocycles. The molecule has 1 aliphatic carbocycles. The van der Waals surface area contributed by atoms with Gasteiger partial charge in [-0.2, -0.15) is 0 Å². The number of hydrogen-bond donors (Lipinski definition) is 2. The Morgan fingerprint density at radius 1 is 1.44 bits per heavy atom. The van der Waals surface area contributed by atoms with Gasteiger partial charge in [0, 0.05) is 31.6 Å². The van der Waals surface area contributed by atoms with E-state index >= 15 is 0 Å². The Bertz CT molecular complexity index is 476. The molecule has 1 aromatic rings. The molecule has 0 aromatic carbocycles. The third-order valence-electron chi connectivity index (χ3n) is 3.67.